The Balaban J connectivity index is 2.09. The second-order valence-corrected chi connectivity index (χ2v) is 5.90. The normalized spacial score (nSPS) is 11.7. The molecule has 128 valence electrons. The summed E-state index contributed by atoms with van der Waals surface area (Å²) in [5.41, 5.74) is 7.35. The van der Waals surface area contributed by atoms with Gasteiger partial charge in [-0.3, -0.25) is 10.8 Å². The summed E-state index contributed by atoms with van der Waals surface area (Å²) in [6.45, 7) is 0. The van der Waals surface area contributed by atoms with Crippen molar-refractivity contribution in [3.63, 3.8) is 0 Å². The fraction of sp³-hybridized carbons (Fsp3) is 0.0625. The molecule has 0 spiro atoms. The Hall–Kier alpha value is -2.99. The van der Waals surface area contributed by atoms with Crippen molar-refractivity contribution in [1.82, 2.24) is 0 Å². The maximum absolute atomic E-state index is 12.7. The van der Waals surface area contributed by atoms with E-state index in [1.165, 1.54) is 17.8 Å². The third-order valence-electron chi connectivity index (χ3n) is 2.91. The Kier molecular flexibility index (Phi) is 5.67. The van der Waals surface area contributed by atoms with Gasteiger partial charge in [0.25, 0.3) is 0 Å². The van der Waals surface area contributed by atoms with E-state index in [1.807, 2.05) is 0 Å². The molecule has 0 amide bonds. The average Bonchev–Trinajstić information content (AvgIpc) is 2.56. The number of hydrazone groups is 1. The first-order valence-corrected chi connectivity index (χ1v) is 7.64. The quantitative estimate of drug-likeness (QED) is 0.423. The standard InChI is InChI=1S/C16H12F3N5S/c17-16(18,19)10-2-1-3-13(8-10)25-12-6-4-11(5-7-12)23-24-14(9-20)15(21)22/h1-8,23H,(H3,21,22)/b24-14+. The van der Waals surface area contributed by atoms with Crippen molar-refractivity contribution in [3.8, 4) is 6.07 Å². The lowest BCUT2D eigenvalue weighted by molar-refractivity contribution is -0.137. The lowest BCUT2D eigenvalue weighted by Crippen LogP contribution is -2.21. The fourth-order valence-corrected chi connectivity index (χ4v) is 2.61. The van der Waals surface area contributed by atoms with E-state index >= 15 is 0 Å². The van der Waals surface area contributed by atoms with Crippen LogP contribution in [0.1, 0.15) is 5.56 Å². The van der Waals surface area contributed by atoms with Gasteiger partial charge in [0.05, 0.1) is 11.3 Å². The Bertz CT molecular complexity index is 838. The van der Waals surface area contributed by atoms with Crippen LogP contribution in [0.25, 0.3) is 0 Å². The van der Waals surface area contributed by atoms with Gasteiger partial charge in [-0.1, -0.05) is 17.8 Å². The Morgan fingerprint density at radius 3 is 2.40 bits per heavy atom. The highest BCUT2D eigenvalue weighted by Crippen LogP contribution is 2.34. The molecule has 0 fully saturated rings. The molecule has 0 saturated carbocycles. The number of nitrogens with one attached hydrogen (secondary N) is 2. The maximum Gasteiger partial charge on any atom is 0.416 e. The SMILES string of the molecule is N#C/C(=N\Nc1ccc(Sc2cccc(C(F)(F)F)c2)cc1)C(=N)N. The number of rotatable bonds is 5. The molecule has 0 aliphatic carbocycles. The number of alkyl halides is 3. The summed E-state index contributed by atoms with van der Waals surface area (Å²) in [5, 5.41) is 19.6. The summed E-state index contributed by atoms with van der Waals surface area (Å²) in [6.07, 6.45) is -4.38. The summed E-state index contributed by atoms with van der Waals surface area (Å²) in [7, 11) is 0. The van der Waals surface area contributed by atoms with Gasteiger partial charge in [-0.05, 0) is 42.5 Å². The number of nitrogens with two attached hydrogens (primary N) is 1. The van der Waals surface area contributed by atoms with E-state index in [-0.39, 0.29) is 5.71 Å². The van der Waals surface area contributed by atoms with Crippen LogP contribution in [0.5, 0.6) is 0 Å². The van der Waals surface area contributed by atoms with E-state index in [4.69, 9.17) is 16.4 Å². The van der Waals surface area contributed by atoms with Crippen molar-refractivity contribution in [2.75, 3.05) is 5.43 Å². The van der Waals surface area contributed by atoms with Gasteiger partial charge in [-0.2, -0.15) is 23.5 Å². The van der Waals surface area contributed by atoms with E-state index in [1.54, 1.807) is 36.4 Å². The molecule has 0 unspecified atom stereocenters. The maximum atomic E-state index is 12.7. The molecular formula is C16H12F3N5S. The van der Waals surface area contributed by atoms with Crippen molar-refractivity contribution in [3.05, 3.63) is 54.1 Å². The van der Waals surface area contributed by atoms with Crippen molar-refractivity contribution in [2.24, 2.45) is 10.8 Å². The second-order valence-electron chi connectivity index (χ2n) is 4.75. The van der Waals surface area contributed by atoms with Gasteiger partial charge in [0.15, 0.2) is 5.84 Å². The summed E-state index contributed by atoms with van der Waals surface area (Å²) in [6, 6.07) is 13.4. The summed E-state index contributed by atoms with van der Waals surface area (Å²) < 4.78 is 38.2. The predicted octanol–water partition coefficient (Wildman–Crippen LogP) is 4.08. The molecule has 2 aromatic rings. The van der Waals surface area contributed by atoms with E-state index in [0.717, 1.165) is 17.0 Å². The molecule has 2 aromatic carbocycles. The van der Waals surface area contributed by atoms with Gasteiger partial charge in [0.2, 0.25) is 5.71 Å². The number of nitrogens with zero attached hydrogens (tertiary/aromatic N) is 2. The Morgan fingerprint density at radius 1 is 1.16 bits per heavy atom. The average molecular weight is 363 g/mol. The van der Waals surface area contributed by atoms with Crippen molar-refractivity contribution < 1.29 is 13.2 Å². The highest BCUT2D eigenvalue weighted by Gasteiger charge is 2.30. The first-order valence-electron chi connectivity index (χ1n) is 6.83. The van der Waals surface area contributed by atoms with Crippen LogP contribution in [0.15, 0.2) is 63.4 Å². The number of hydrogen-bond donors (Lipinski definition) is 3. The van der Waals surface area contributed by atoms with Crippen LogP contribution in [0.4, 0.5) is 18.9 Å². The van der Waals surface area contributed by atoms with Crippen LogP contribution < -0.4 is 11.2 Å². The largest absolute Gasteiger partial charge is 0.416 e. The zero-order chi connectivity index (χ0) is 18.4. The van der Waals surface area contributed by atoms with Crippen LogP contribution in [0.2, 0.25) is 0 Å². The monoisotopic (exact) mass is 363 g/mol. The smallest absolute Gasteiger partial charge is 0.382 e. The van der Waals surface area contributed by atoms with Crippen LogP contribution in [0.3, 0.4) is 0 Å². The van der Waals surface area contributed by atoms with Gasteiger partial charge in [0, 0.05) is 9.79 Å². The number of hydrogen-bond acceptors (Lipinski definition) is 5. The Labute approximate surface area is 145 Å². The topological polar surface area (TPSA) is 98.0 Å². The molecule has 25 heavy (non-hydrogen) atoms. The molecule has 0 atom stereocenters. The minimum Gasteiger partial charge on any atom is -0.382 e. The molecule has 4 N–H and O–H groups in total. The van der Waals surface area contributed by atoms with Gasteiger partial charge >= 0.3 is 6.18 Å². The molecule has 0 heterocycles. The molecule has 0 aromatic heterocycles. The highest BCUT2D eigenvalue weighted by atomic mass is 32.2. The van der Waals surface area contributed by atoms with E-state index in [2.05, 4.69) is 10.5 Å². The first-order chi connectivity index (χ1) is 11.8. The molecular weight excluding hydrogens is 351 g/mol. The lowest BCUT2D eigenvalue weighted by atomic mass is 10.2. The molecule has 0 aliphatic heterocycles. The van der Waals surface area contributed by atoms with Crippen LogP contribution in [0, 0.1) is 16.7 Å². The van der Waals surface area contributed by atoms with Crippen LogP contribution in [-0.4, -0.2) is 11.5 Å². The van der Waals surface area contributed by atoms with Crippen LogP contribution in [-0.2, 0) is 6.18 Å². The number of halogens is 3. The third kappa shape index (κ3) is 5.26. The number of amidine groups is 1. The van der Waals surface area contributed by atoms with Crippen LogP contribution >= 0.6 is 11.8 Å². The van der Waals surface area contributed by atoms with Gasteiger partial charge < -0.3 is 5.73 Å². The van der Waals surface area contributed by atoms with Crippen molar-refractivity contribution in [2.45, 2.75) is 16.0 Å². The molecule has 9 heteroatoms. The summed E-state index contributed by atoms with van der Waals surface area (Å²) in [4.78, 5) is 1.21. The highest BCUT2D eigenvalue weighted by molar-refractivity contribution is 7.99. The molecule has 2 rings (SSSR count). The minimum absolute atomic E-state index is 0.248. The van der Waals surface area contributed by atoms with E-state index in [9.17, 15) is 13.2 Å². The van der Waals surface area contributed by atoms with Gasteiger partial charge in [-0.15, -0.1) is 0 Å². The molecule has 0 radical (unpaired) electrons. The first kappa shape index (κ1) is 18.4. The van der Waals surface area contributed by atoms with E-state index < -0.39 is 17.6 Å². The molecule has 0 bridgehead atoms. The van der Waals surface area contributed by atoms with Gasteiger partial charge in [0.1, 0.15) is 6.07 Å². The number of nitriles is 1. The minimum atomic E-state index is -4.38. The van der Waals surface area contributed by atoms with E-state index in [0.29, 0.717) is 10.6 Å². The zero-order valence-corrected chi connectivity index (χ0v) is 13.4. The summed E-state index contributed by atoms with van der Waals surface area (Å²) >= 11 is 1.19. The fourth-order valence-electron chi connectivity index (χ4n) is 1.74. The van der Waals surface area contributed by atoms with Crippen molar-refractivity contribution in [1.29, 1.82) is 10.7 Å². The third-order valence-corrected chi connectivity index (χ3v) is 3.91. The number of anilines is 1. The lowest BCUT2D eigenvalue weighted by Gasteiger charge is -2.09. The molecule has 0 aliphatic rings. The zero-order valence-electron chi connectivity index (χ0n) is 12.6. The Morgan fingerprint density at radius 2 is 1.84 bits per heavy atom. The molecule has 0 saturated heterocycles. The predicted molar refractivity (Wildman–Crippen MR) is 90.6 cm³/mol. The second kappa shape index (κ2) is 7.72. The van der Waals surface area contributed by atoms with Gasteiger partial charge in [-0.25, -0.2) is 0 Å². The molecule has 5 nitrogen and oxygen atoms in total. The number of benzene rings is 2. The van der Waals surface area contributed by atoms with Crippen molar-refractivity contribution >= 4 is 29.0 Å². The summed E-state index contributed by atoms with van der Waals surface area (Å²) in [5.74, 6) is -0.452.